The summed E-state index contributed by atoms with van der Waals surface area (Å²) in [6.07, 6.45) is 0. The van der Waals surface area contributed by atoms with Crippen LogP contribution in [0.15, 0.2) is 164 Å². The molecule has 0 radical (unpaired) electrons. The van der Waals surface area contributed by atoms with Crippen molar-refractivity contribution in [3.05, 3.63) is 192 Å². The van der Waals surface area contributed by atoms with Gasteiger partial charge in [0.15, 0.2) is 0 Å². The quantitative estimate of drug-likeness (QED) is 0.144. The Morgan fingerprint density at radius 3 is 1.34 bits per heavy atom. The normalized spacial score (nSPS) is 13.9. The minimum atomic E-state index is -0.353. The zero-order valence-corrected chi connectivity index (χ0v) is 42.3. The molecule has 0 nitrogen and oxygen atoms in total. The zero-order chi connectivity index (χ0) is 47.2. The SMILES string of the molecule is CC(C)(C)c1cc(-c2c3ccccc3c3c4ccc(cc24)C(C)(C)c2cc(cc(C(C)(C)C)c2)-c2c4ccccc4c(c4ccccc24)-c2cccc4sc5ccc-3cc5c24)cc(C(C)(C)C)c1. The molecule has 3 aliphatic carbocycles. The second-order valence-corrected chi connectivity index (χ2v) is 24.4. The van der Waals surface area contributed by atoms with Crippen molar-refractivity contribution >= 4 is 74.6 Å². The molecular formula is C67H60S. The highest BCUT2D eigenvalue weighted by Gasteiger charge is 2.31. The van der Waals surface area contributed by atoms with Crippen molar-refractivity contribution in [1.29, 1.82) is 0 Å². The first-order chi connectivity index (χ1) is 32.4. The Morgan fingerprint density at radius 2 is 0.794 bits per heavy atom. The summed E-state index contributed by atoms with van der Waals surface area (Å²) in [6, 6.07) is 64.4. The van der Waals surface area contributed by atoms with Crippen LogP contribution in [0.4, 0.5) is 0 Å². The first-order valence-electron chi connectivity index (χ1n) is 24.6. The lowest BCUT2D eigenvalue weighted by molar-refractivity contribution is 0.569. The lowest BCUT2D eigenvalue weighted by Crippen LogP contribution is -2.21. The highest BCUT2D eigenvalue weighted by atomic mass is 32.1. The van der Waals surface area contributed by atoms with Crippen LogP contribution >= 0.6 is 11.3 Å². The van der Waals surface area contributed by atoms with Gasteiger partial charge in [-0.05, 0) is 156 Å². The molecular weight excluding hydrogens is 837 g/mol. The monoisotopic (exact) mass is 896 g/mol. The Morgan fingerprint density at radius 1 is 0.324 bits per heavy atom. The van der Waals surface area contributed by atoms with E-state index in [4.69, 9.17) is 0 Å². The van der Waals surface area contributed by atoms with Gasteiger partial charge >= 0.3 is 0 Å². The van der Waals surface area contributed by atoms with Gasteiger partial charge in [0, 0.05) is 25.6 Å². The molecule has 334 valence electrons. The second-order valence-electron chi connectivity index (χ2n) is 23.4. The van der Waals surface area contributed by atoms with Gasteiger partial charge in [0.05, 0.1) is 0 Å². The predicted octanol–water partition coefficient (Wildman–Crippen LogP) is 19.9. The second kappa shape index (κ2) is 14.7. The van der Waals surface area contributed by atoms with Gasteiger partial charge in [-0.2, -0.15) is 0 Å². The Bertz CT molecular complexity index is 3830. The third-order valence-electron chi connectivity index (χ3n) is 15.5. The van der Waals surface area contributed by atoms with E-state index in [-0.39, 0.29) is 21.7 Å². The summed E-state index contributed by atoms with van der Waals surface area (Å²) in [4.78, 5) is 0. The Kier molecular flexibility index (Phi) is 9.27. The molecule has 0 saturated carbocycles. The van der Waals surface area contributed by atoms with Gasteiger partial charge in [-0.1, -0.05) is 216 Å². The lowest BCUT2D eigenvalue weighted by Gasteiger charge is -2.31. The summed E-state index contributed by atoms with van der Waals surface area (Å²) in [5, 5.41) is 12.9. The van der Waals surface area contributed by atoms with Gasteiger partial charge in [-0.3, -0.25) is 0 Å². The average molecular weight is 897 g/mol. The fourth-order valence-electron chi connectivity index (χ4n) is 11.5. The van der Waals surface area contributed by atoms with Crippen molar-refractivity contribution < 1.29 is 0 Å². The maximum absolute atomic E-state index is 2.57. The molecule has 1 aromatic heterocycles. The maximum atomic E-state index is 2.57. The van der Waals surface area contributed by atoms with E-state index in [2.05, 4.69) is 240 Å². The van der Waals surface area contributed by atoms with Crippen molar-refractivity contribution in [3.63, 3.8) is 0 Å². The van der Waals surface area contributed by atoms with Gasteiger partial charge in [0.1, 0.15) is 0 Å². The number of rotatable bonds is 1. The molecule has 0 aliphatic heterocycles. The fourth-order valence-corrected chi connectivity index (χ4v) is 12.6. The molecule has 0 atom stereocenters. The Balaban J connectivity index is 1.31. The number of thiophene rings is 1. The van der Waals surface area contributed by atoms with Crippen LogP contribution in [0.3, 0.4) is 0 Å². The van der Waals surface area contributed by atoms with E-state index < -0.39 is 0 Å². The van der Waals surface area contributed by atoms with Crippen molar-refractivity contribution in [3.8, 4) is 44.5 Å². The summed E-state index contributed by atoms with van der Waals surface area (Å²) in [7, 11) is 0. The predicted molar refractivity (Wildman–Crippen MR) is 299 cm³/mol. The van der Waals surface area contributed by atoms with Crippen LogP contribution in [0, 0.1) is 0 Å². The summed E-state index contributed by atoms with van der Waals surface area (Å²) in [6.45, 7) is 26.1. The van der Waals surface area contributed by atoms with E-state index in [1.54, 1.807) is 0 Å². The lowest BCUT2D eigenvalue weighted by atomic mass is 9.72. The van der Waals surface area contributed by atoms with E-state index in [0.717, 1.165) is 0 Å². The molecule has 0 fully saturated rings. The molecule has 0 unspecified atom stereocenters. The van der Waals surface area contributed by atoms with Crippen molar-refractivity contribution in [2.24, 2.45) is 0 Å². The van der Waals surface area contributed by atoms with Crippen molar-refractivity contribution in [2.45, 2.75) is 97.8 Å². The minimum absolute atomic E-state index is 0.0264. The van der Waals surface area contributed by atoms with Crippen LogP contribution in [0.25, 0.3) is 108 Å². The van der Waals surface area contributed by atoms with Gasteiger partial charge in [-0.25, -0.2) is 0 Å². The van der Waals surface area contributed by atoms with Crippen LogP contribution in [-0.2, 0) is 21.7 Å². The third kappa shape index (κ3) is 6.53. The summed E-state index contributed by atoms with van der Waals surface area (Å²) in [5.41, 5.74) is 16.5. The molecule has 11 aromatic rings. The van der Waals surface area contributed by atoms with Gasteiger partial charge < -0.3 is 0 Å². The van der Waals surface area contributed by atoms with Crippen LogP contribution in [-0.4, -0.2) is 0 Å². The van der Waals surface area contributed by atoms with Crippen LogP contribution in [0.1, 0.15) is 104 Å². The average Bonchev–Trinajstić information content (AvgIpc) is 3.69. The summed E-state index contributed by atoms with van der Waals surface area (Å²) >= 11 is 1.91. The van der Waals surface area contributed by atoms with E-state index >= 15 is 0 Å². The molecule has 10 bridgehead atoms. The molecule has 14 rings (SSSR count). The van der Waals surface area contributed by atoms with Crippen LogP contribution < -0.4 is 0 Å². The molecule has 1 heteroatoms. The molecule has 10 aromatic carbocycles. The Labute approximate surface area is 406 Å². The molecule has 68 heavy (non-hydrogen) atoms. The fraction of sp³-hybridized carbons (Fsp3) is 0.224. The highest BCUT2D eigenvalue weighted by molar-refractivity contribution is 7.26. The van der Waals surface area contributed by atoms with Crippen LogP contribution in [0.2, 0.25) is 0 Å². The smallest absolute Gasteiger partial charge is 0.0361 e. The summed E-state index contributed by atoms with van der Waals surface area (Å²) < 4.78 is 2.62. The zero-order valence-electron chi connectivity index (χ0n) is 41.5. The molecule has 0 N–H and O–H groups in total. The molecule has 0 amide bonds. The number of benzene rings is 10. The van der Waals surface area contributed by atoms with Crippen molar-refractivity contribution in [2.75, 3.05) is 0 Å². The van der Waals surface area contributed by atoms with Crippen LogP contribution in [0.5, 0.6) is 0 Å². The first-order valence-corrected chi connectivity index (χ1v) is 25.4. The third-order valence-corrected chi connectivity index (χ3v) is 16.6. The largest absolute Gasteiger partial charge is 0.135 e. The van der Waals surface area contributed by atoms with E-state index in [0.29, 0.717) is 0 Å². The highest BCUT2D eigenvalue weighted by Crippen LogP contribution is 2.52. The maximum Gasteiger partial charge on any atom is 0.0361 e. The Hall–Kier alpha value is -6.54. The number of fused-ring (bicyclic) bond motifs is 1. The molecule has 3 aliphatic rings. The minimum Gasteiger partial charge on any atom is -0.135 e. The van der Waals surface area contributed by atoms with Gasteiger partial charge in [0.2, 0.25) is 0 Å². The van der Waals surface area contributed by atoms with E-state index in [1.807, 2.05) is 11.3 Å². The number of hydrogen-bond acceptors (Lipinski definition) is 1. The topological polar surface area (TPSA) is 0 Å². The number of hydrogen-bond donors (Lipinski definition) is 0. The molecule has 1 heterocycles. The first kappa shape index (κ1) is 42.8. The van der Waals surface area contributed by atoms with E-state index in [1.165, 1.54) is 136 Å². The molecule has 0 saturated heterocycles. The standard InChI is InChI=1S/C67H60S/c1-64(2,3)43-31-40(32-44(36-43)65(4,5)6)61-48-20-13-12-19-47(48)59-39-27-30-57-56(35-39)63-54(25-18-26-58(63)68-57)62-51-23-16-14-21-49(51)60(50-22-15-17-24-52(50)62)41-33-45(66(7,8)9)37-46(34-41)67(10,11)42-28-29-53(59)55(61)38-42/h12-38H,1-11H3. The van der Waals surface area contributed by atoms with E-state index in [9.17, 15) is 0 Å². The van der Waals surface area contributed by atoms with Gasteiger partial charge in [-0.15, -0.1) is 11.3 Å². The van der Waals surface area contributed by atoms with Gasteiger partial charge in [0.25, 0.3) is 0 Å². The van der Waals surface area contributed by atoms with Crippen molar-refractivity contribution in [1.82, 2.24) is 0 Å². The molecule has 0 spiro atoms. The summed E-state index contributed by atoms with van der Waals surface area (Å²) in [5.74, 6) is 0.